The van der Waals surface area contributed by atoms with Crippen LogP contribution in [0.15, 0.2) is 24.5 Å². The van der Waals surface area contributed by atoms with Gasteiger partial charge in [-0.05, 0) is 31.4 Å². The number of carbonyl (C=O) groups is 1. The molecule has 0 aromatic carbocycles. The van der Waals surface area contributed by atoms with E-state index in [-0.39, 0.29) is 23.0 Å². The van der Waals surface area contributed by atoms with Gasteiger partial charge in [0, 0.05) is 37.4 Å². The van der Waals surface area contributed by atoms with Crippen LogP contribution in [0.5, 0.6) is 0 Å². The average Bonchev–Trinajstić information content (AvgIpc) is 2.45. The molecule has 4 heteroatoms. The first kappa shape index (κ1) is 15.0. The highest BCUT2D eigenvalue weighted by atomic mass is 16.5. The molecule has 2 rings (SSSR count). The van der Waals surface area contributed by atoms with E-state index in [1.54, 1.807) is 13.3 Å². The average molecular weight is 276 g/mol. The molecule has 110 valence electrons. The Bertz CT molecular complexity index is 473. The van der Waals surface area contributed by atoms with Gasteiger partial charge >= 0.3 is 0 Å². The second-order valence-electron chi connectivity index (χ2n) is 6.34. The Morgan fingerprint density at radius 2 is 2.25 bits per heavy atom. The van der Waals surface area contributed by atoms with Crippen molar-refractivity contribution in [3.05, 3.63) is 30.1 Å². The van der Waals surface area contributed by atoms with Crippen molar-refractivity contribution < 1.29 is 9.53 Å². The lowest BCUT2D eigenvalue weighted by atomic mass is 9.56. The Balaban J connectivity index is 1.82. The summed E-state index contributed by atoms with van der Waals surface area (Å²) >= 11 is 0. The van der Waals surface area contributed by atoms with Crippen LogP contribution in [0.2, 0.25) is 0 Å². The molecule has 1 N–H and O–H groups in total. The van der Waals surface area contributed by atoms with Crippen molar-refractivity contribution in [2.75, 3.05) is 7.11 Å². The van der Waals surface area contributed by atoms with Gasteiger partial charge in [-0.2, -0.15) is 0 Å². The molecule has 20 heavy (non-hydrogen) atoms. The lowest BCUT2D eigenvalue weighted by Crippen LogP contribution is -2.68. The Morgan fingerprint density at radius 1 is 1.50 bits per heavy atom. The maximum Gasteiger partial charge on any atom is 0.220 e. The van der Waals surface area contributed by atoms with Crippen molar-refractivity contribution in [3.8, 4) is 0 Å². The van der Waals surface area contributed by atoms with E-state index in [1.807, 2.05) is 18.3 Å². The Labute approximate surface area is 120 Å². The van der Waals surface area contributed by atoms with Crippen LogP contribution in [-0.4, -0.2) is 29.6 Å². The molecule has 1 heterocycles. The van der Waals surface area contributed by atoms with Crippen LogP contribution < -0.4 is 5.32 Å². The molecule has 4 nitrogen and oxygen atoms in total. The van der Waals surface area contributed by atoms with Crippen LogP contribution in [0.3, 0.4) is 0 Å². The first-order valence-electron chi connectivity index (χ1n) is 7.12. The predicted octanol–water partition coefficient (Wildman–Crippen LogP) is 2.33. The molecule has 1 aromatic heterocycles. The second-order valence-corrected chi connectivity index (χ2v) is 6.34. The number of hydrogen-bond acceptors (Lipinski definition) is 3. The number of nitrogens with zero attached hydrogens (tertiary/aromatic N) is 1. The molecular weight excluding hydrogens is 252 g/mol. The standard InChI is InChI=1S/C16H24N2O2/c1-15(2)13(10-16(15,3)20-4)18-14(19)8-7-12-6-5-9-17-11-12/h5-6,9,11,13H,7-8,10H2,1-4H3,(H,18,19). The van der Waals surface area contributed by atoms with Crippen molar-refractivity contribution in [1.82, 2.24) is 10.3 Å². The van der Waals surface area contributed by atoms with E-state index in [4.69, 9.17) is 4.74 Å². The summed E-state index contributed by atoms with van der Waals surface area (Å²) < 4.78 is 5.57. The fourth-order valence-electron chi connectivity index (χ4n) is 2.79. The van der Waals surface area contributed by atoms with Gasteiger partial charge in [-0.3, -0.25) is 9.78 Å². The van der Waals surface area contributed by atoms with Crippen LogP contribution in [0.25, 0.3) is 0 Å². The summed E-state index contributed by atoms with van der Waals surface area (Å²) in [5.41, 5.74) is 0.914. The third-order valence-electron chi connectivity index (χ3n) is 4.98. The van der Waals surface area contributed by atoms with Gasteiger partial charge in [0.15, 0.2) is 0 Å². The molecule has 1 fully saturated rings. The summed E-state index contributed by atoms with van der Waals surface area (Å²) in [4.78, 5) is 16.1. The Kier molecular flexibility index (Phi) is 4.14. The van der Waals surface area contributed by atoms with Crippen LogP contribution in [0.1, 0.15) is 39.2 Å². The summed E-state index contributed by atoms with van der Waals surface area (Å²) in [7, 11) is 1.74. The van der Waals surface area contributed by atoms with Crippen LogP contribution in [0.4, 0.5) is 0 Å². The zero-order valence-corrected chi connectivity index (χ0v) is 12.8. The van der Waals surface area contributed by atoms with E-state index in [9.17, 15) is 4.79 Å². The summed E-state index contributed by atoms with van der Waals surface area (Å²) in [5.74, 6) is 0.102. The van der Waals surface area contributed by atoms with Gasteiger partial charge in [0.05, 0.1) is 5.60 Å². The molecule has 1 amide bonds. The number of nitrogens with one attached hydrogen (secondary N) is 1. The number of amides is 1. The van der Waals surface area contributed by atoms with Crippen molar-refractivity contribution >= 4 is 5.91 Å². The van der Waals surface area contributed by atoms with E-state index in [0.29, 0.717) is 6.42 Å². The van der Waals surface area contributed by atoms with Crippen molar-refractivity contribution in [1.29, 1.82) is 0 Å². The number of ether oxygens (including phenoxy) is 1. The van der Waals surface area contributed by atoms with E-state index >= 15 is 0 Å². The normalized spacial score (nSPS) is 27.7. The number of pyridine rings is 1. The first-order valence-corrected chi connectivity index (χ1v) is 7.12. The smallest absolute Gasteiger partial charge is 0.220 e. The summed E-state index contributed by atoms with van der Waals surface area (Å²) in [5, 5.41) is 3.13. The number of methoxy groups -OCH3 is 1. The number of aromatic nitrogens is 1. The monoisotopic (exact) mass is 276 g/mol. The van der Waals surface area contributed by atoms with E-state index < -0.39 is 0 Å². The third kappa shape index (κ3) is 2.70. The molecule has 0 radical (unpaired) electrons. The minimum absolute atomic E-state index is 0.0360. The third-order valence-corrected chi connectivity index (χ3v) is 4.98. The fourth-order valence-corrected chi connectivity index (χ4v) is 2.79. The lowest BCUT2D eigenvalue weighted by molar-refractivity contribution is -0.182. The largest absolute Gasteiger partial charge is 0.378 e. The van der Waals surface area contributed by atoms with Crippen molar-refractivity contribution in [2.24, 2.45) is 5.41 Å². The zero-order chi connectivity index (χ0) is 14.8. The van der Waals surface area contributed by atoms with Gasteiger partial charge in [0.1, 0.15) is 0 Å². The Morgan fingerprint density at radius 3 is 2.80 bits per heavy atom. The van der Waals surface area contributed by atoms with E-state index in [0.717, 1.165) is 18.4 Å². The lowest BCUT2D eigenvalue weighted by Gasteiger charge is -2.59. The molecule has 0 saturated heterocycles. The van der Waals surface area contributed by atoms with E-state index in [1.165, 1.54) is 0 Å². The highest BCUT2D eigenvalue weighted by Gasteiger charge is 2.58. The second kappa shape index (κ2) is 5.52. The van der Waals surface area contributed by atoms with Gasteiger partial charge in [0.2, 0.25) is 5.91 Å². The number of aryl methyl sites for hydroxylation is 1. The first-order chi connectivity index (χ1) is 9.39. The number of carbonyl (C=O) groups excluding carboxylic acids is 1. The molecule has 0 bridgehead atoms. The highest BCUT2D eigenvalue weighted by Crippen LogP contribution is 2.51. The topological polar surface area (TPSA) is 51.2 Å². The quantitative estimate of drug-likeness (QED) is 0.898. The molecule has 1 aliphatic rings. The molecular formula is C16H24N2O2. The SMILES string of the molecule is COC1(C)CC(NC(=O)CCc2cccnc2)C1(C)C. The van der Waals surface area contributed by atoms with Gasteiger partial charge < -0.3 is 10.1 Å². The fraction of sp³-hybridized carbons (Fsp3) is 0.625. The van der Waals surface area contributed by atoms with Crippen molar-refractivity contribution in [3.63, 3.8) is 0 Å². The number of hydrogen-bond donors (Lipinski definition) is 1. The summed E-state index contributed by atoms with van der Waals surface area (Å²) in [6.45, 7) is 6.39. The molecule has 1 aromatic rings. The summed E-state index contributed by atoms with van der Waals surface area (Å²) in [6, 6.07) is 4.08. The van der Waals surface area contributed by atoms with Gasteiger partial charge in [-0.1, -0.05) is 19.9 Å². The van der Waals surface area contributed by atoms with Crippen molar-refractivity contribution in [2.45, 2.75) is 51.7 Å². The minimum atomic E-state index is -0.145. The summed E-state index contributed by atoms with van der Waals surface area (Å²) in [6.07, 6.45) is 5.65. The van der Waals surface area contributed by atoms with Crippen LogP contribution in [0, 0.1) is 5.41 Å². The molecule has 1 aliphatic carbocycles. The highest BCUT2D eigenvalue weighted by molar-refractivity contribution is 5.76. The Hall–Kier alpha value is -1.42. The number of rotatable bonds is 5. The molecule has 2 unspecified atom stereocenters. The van der Waals surface area contributed by atoms with Crippen LogP contribution in [-0.2, 0) is 16.0 Å². The predicted molar refractivity (Wildman–Crippen MR) is 78.3 cm³/mol. The van der Waals surface area contributed by atoms with Gasteiger partial charge in [0.25, 0.3) is 0 Å². The van der Waals surface area contributed by atoms with Gasteiger partial charge in [-0.15, -0.1) is 0 Å². The zero-order valence-electron chi connectivity index (χ0n) is 12.8. The van der Waals surface area contributed by atoms with E-state index in [2.05, 4.69) is 31.1 Å². The van der Waals surface area contributed by atoms with Gasteiger partial charge in [-0.25, -0.2) is 0 Å². The molecule has 0 aliphatic heterocycles. The van der Waals surface area contributed by atoms with Crippen LogP contribution >= 0.6 is 0 Å². The molecule has 2 atom stereocenters. The molecule has 1 saturated carbocycles. The molecule has 0 spiro atoms. The maximum atomic E-state index is 12.0. The maximum absolute atomic E-state index is 12.0. The minimum Gasteiger partial charge on any atom is -0.378 e.